The molecule has 1 atom stereocenters. The number of thiophene rings is 1. The van der Waals surface area contributed by atoms with Gasteiger partial charge in [-0.15, -0.1) is 11.3 Å². The van der Waals surface area contributed by atoms with E-state index in [2.05, 4.69) is 15.9 Å². The quantitative estimate of drug-likeness (QED) is 0.855. The summed E-state index contributed by atoms with van der Waals surface area (Å²) in [7, 11) is 0. The third-order valence-corrected chi connectivity index (χ3v) is 4.13. The molecule has 0 N–H and O–H groups in total. The summed E-state index contributed by atoms with van der Waals surface area (Å²) in [5, 5.41) is 1.96. The predicted molar refractivity (Wildman–Crippen MR) is 61.3 cm³/mol. The molecular weight excluding hydrogens is 280 g/mol. The molecule has 82 valence electrons. The maximum absolute atomic E-state index is 11.8. The van der Waals surface area contributed by atoms with Crippen LogP contribution in [0.4, 0.5) is 0 Å². The third kappa shape index (κ3) is 2.87. The zero-order valence-electron chi connectivity index (χ0n) is 8.07. The molecule has 0 amide bonds. The van der Waals surface area contributed by atoms with Crippen LogP contribution >= 0.6 is 27.3 Å². The number of carbonyl (C=O) groups is 1. The van der Waals surface area contributed by atoms with Crippen LogP contribution in [0.2, 0.25) is 0 Å². The van der Waals surface area contributed by atoms with Crippen LogP contribution in [0.5, 0.6) is 0 Å². The molecule has 3 nitrogen and oxygen atoms in total. The molecule has 1 aliphatic rings. The number of hydrogen-bond donors (Lipinski definition) is 0. The molecule has 1 aromatic rings. The van der Waals surface area contributed by atoms with E-state index in [1.165, 1.54) is 0 Å². The van der Waals surface area contributed by atoms with E-state index in [1.807, 2.05) is 11.4 Å². The van der Waals surface area contributed by atoms with E-state index in [-0.39, 0.29) is 11.9 Å². The fourth-order valence-electron chi connectivity index (χ4n) is 1.40. The van der Waals surface area contributed by atoms with Crippen molar-refractivity contribution in [2.45, 2.75) is 12.5 Å². The minimum absolute atomic E-state index is 0.0952. The fraction of sp³-hybridized carbons (Fsp3) is 0.500. The van der Waals surface area contributed by atoms with Crippen LogP contribution in [-0.4, -0.2) is 31.7 Å². The van der Waals surface area contributed by atoms with Gasteiger partial charge in [0.15, 0.2) is 5.78 Å². The largest absolute Gasteiger partial charge is 0.376 e. The molecule has 2 rings (SSSR count). The van der Waals surface area contributed by atoms with Crippen molar-refractivity contribution in [2.24, 2.45) is 0 Å². The van der Waals surface area contributed by atoms with Crippen LogP contribution in [0.15, 0.2) is 15.9 Å². The SMILES string of the molecule is O=C(Cc1sccc1Br)C1COCCO1. The van der Waals surface area contributed by atoms with E-state index in [4.69, 9.17) is 9.47 Å². The topological polar surface area (TPSA) is 35.5 Å². The Labute approximate surface area is 101 Å². The molecule has 0 spiro atoms. The highest BCUT2D eigenvalue weighted by Gasteiger charge is 2.23. The molecule has 1 saturated heterocycles. The van der Waals surface area contributed by atoms with Gasteiger partial charge in [-0.25, -0.2) is 0 Å². The van der Waals surface area contributed by atoms with E-state index in [1.54, 1.807) is 11.3 Å². The van der Waals surface area contributed by atoms with Gasteiger partial charge in [-0.3, -0.25) is 4.79 Å². The van der Waals surface area contributed by atoms with Crippen molar-refractivity contribution >= 4 is 33.0 Å². The van der Waals surface area contributed by atoms with Gasteiger partial charge in [0, 0.05) is 15.8 Å². The van der Waals surface area contributed by atoms with Gasteiger partial charge in [0.1, 0.15) is 6.10 Å². The predicted octanol–water partition coefficient (Wildman–Crippen LogP) is 2.04. The van der Waals surface area contributed by atoms with E-state index < -0.39 is 0 Å². The molecule has 15 heavy (non-hydrogen) atoms. The summed E-state index contributed by atoms with van der Waals surface area (Å²) < 4.78 is 11.5. The lowest BCUT2D eigenvalue weighted by Crippen LogP contribution is -2.36. The van der Waals surface area contributed by atoms with Crippen molar-refractivity contribution < 1.29 is 14.3 Å². The first-order valence-electron chi connectivity index (χ1n) is 4.71. The maximum atomic E-state index is 11.8. The molecule has 1 aromatic heterocycles. The lowest BCUT2D eigenvalue weighted by atomic mass is 10.1. The second kappa shape index (κ2) is 5.21. The zero-order chi connectivity index (χ0) is 10.7. The van der Waals surface area contributed by atoms with E-state index in [9.17, 15) is 4.79 Å². The van der Waals surface area contributed by atoms with Gasteiger partial charge >= 0.3 is 0 Å². The molecule has 0 aliphatic carbocycles. The number of halogens is 1. The van der Waals surface area contributed by atoms with Gasteiger partial charge in [0.2, 0.25) is 0 Å². The van der Waals surface area contributed by atoms with Crippen molar-refractivity contribution in [1.82, 2.24) is 0 Å². The molecule has 2 heterocycles. The monoisotopic (exact) mass is 290 g/mol. The molecule has 0 saturated carbocycles. The second-order valence-electron chi connectivity index (χ2n) is 3.27. The molecular formula is C10H11BrO3S. The van der Waals surface area contributed by atoms with Crippen LogP contribution in [0.3, 0.4) is 0 Å². The lowest BCUT2D eigenvalue weighted by Gasteiger charge is -2.21. The van der Waals surface area contributed by atoms with Crippen LogP contribution in [0.1, 0.15) is 4.88 Å². The summed E-state index contributed by atoms with van der Waals surface area (Å²) in [6.45, 7) is 1.50. The van der Waals surface area contributed by atoms with Crippen molar-refractivity contribution in [2.75, 3.05) is 19.8 Å². The highest BCUT2D eigenvalue weighted by Crippen LogP contribution is 2.24. The maximum Gasteiger partial charge on any atom is 0.169 e. The van der Waals surface area contributed by atoms with E-state index in [0.29, 0.717) is 26.2 Å². The Hall–Kier alpha value is -0.230. The summed E-state index contributed by atoms with van der Waals surface area (Å²) in [6, 6.07) is 1.95. The van der Waals surface area contributed by atoms with Gasteiger partial charge in [-0.1, -0.05) is 0 Å². The summed E-state index contributed by atoms with van der Waals surface area (Å²) in [5.41, 5.74) is 0. The fourth-order valence-corrected chi connectivity index (χ4v) is 2.90. The molecule has 0 aromatic carbocycles. The number of hydrogen-bond acceptors (Lipinski definition) is 4. The van der Waals surface area contributed by atoms with Gasteiger partial charge in [0.25, 0.3) is 0 Å². The Kier molecular flexibility index (Phi) is 3.91. The Morgan fingerprint density at radius 1 is 1.60 bits per heavy atom. The molecule has 0 bridgehead atoms. The molecule has 1 aliphatic heterocycles. The Morgan fingerprint density at radius 2 is 2.47 bits per heavy atom. The first kappa shape index (κ1) is 11.3. The van der Waals surface area contributed by atoms with Gasteiger partial charge < -0.3 is 9.47 Å². The van der Waals surface area contributed by atoms with Crippen molar-refractivity contribution in [3.05, 3.63) is 20.8 Å². The third-order valence-electron chi connectivity index (χ3n) is 2.20. The van der Waals surface area contributed by atoms with Crippen LogP contribution in [0, 0.1) is 0 Å². The first-order valence-corrected chi connectivity index (χ1v) is 6.38. The van der Waals surface area contributed by atoms with E-state index in [0.717, 1.165) is 9.35 Å². The summed E-state index contributed by atoms with van der Waals surface area (Å²) >= 11 is 4.98. The van der Waals surface area contributed by atoms with Crippen molar-refractivity contribution in [3.8, 4) is 0 Å². The van der Waals surface area contributed by atoms with Gasteiger partial charge in [-0.05, 0) is 27.4 Å². The molecule has 1 fully saturated rings. The smallest absolute Gasteiger partial charge is 0.169 e. The van der Waals surface area contributed by atoms with Crippen LogP contribution in [-0.2, 0) is 20.7 Å². The van der Waals surface area contributed by atoms with Crippen LogP contribution < -0.4 is 0 Å². The number of carbonyl (C=O) groups excluding carboxylic acids is 1. The minimum Gasteiger partial charge on any atom is -0.376 e. The number of rotatable bonds is 3. The average molecular weight is 291 g/mol. The standard InChI is InChI=1S/C10H11BrO3S/c11-7-1-4-15-10(7)5-8(12)9-6-13-2-3-14-9/h1,4,9H,2-3,5-6H2. The molecule has 0 radical (unpaired) electrons. The summed E-state index contributed by atoms with van der Waals surface area (Å²) in [6.07, 6.45) is 0.0412. The summed E-state index contributed by atoms with van der Waals surface area (Å²) in [5.74, 6) is 0.0952. The Bertz CT molecular complexity index is 344. The lowest BCUT2D eigenvalue weighted by molar-refractivity contribution is -0.144. The average Bonchev–Trinajstić information content (AvgIpc) is 2.66. The van der Waals surface area contributed by atoms with Gasteiger partial charge in [-0.2, -0.15) is 0 Å². The highest BCUT2D eigenvalue weighted by molar-refractivity contribution is 9.10. The van der Waals surface area contributed by atoms with Crippen molar-refractivity contribution in [3.63, 3.8) is 0 Å². The van der Waals surface area contributed by atoms with E-state index >= 15 is 0 Å². The highest BCUT2D eigenvalue weighted by atomic mass is 79.9. The minimum atomic E-state index is -0.382. The number of ketones is 1. The summed E-state index contributed by atoms with van der Waals surface area (Å²) in [4.78, 5) is 12.8. The molecule has 5 heteroatoms. The Balaban J connectivity index is 1.94. The first-order chi connectivity index (χ1) is 7.27. The molecule has 1 unspecified atom stereocenters. The number of Topliss-reactive ketones (excluding diaryl/α,β-unsaturated/α-hetero) is 1. The number of ether oxygens (including phenoxy) is 2. The second-order valence-corrected chi connectivity index (χ2v) is 5.12. The zero-order valence-corrected chi connectivity index (χ0v) is 10.5. The van der Waals surface area contributed by atoms with Crippen LogP contribution in [0.25, 0.3) is 0 Å². The van der Waals surface area contributed by atoms with Gasteiger partial charge in [0.05, 0.1) is 19.8 Å². The normalized spacial score (nSPS) is 21.5. The van der Waals surface area contributed by atoms with Crippen molar-refractivity contribution in [1.29, 1.82) is 0 Å². The Morgan fingerprint density at radius 3 is 3.07 bits per heavy atom.